The standard InChI is InChI=1S/C9H11OSe.K/c1-8-5-3-4-6-9(8)11-7-10-2;/h3-6H,1,7H2,2H3;/q-1;+1. The number of rotatable bonds is 3. The van der Waals surface area contributed by atoms with Crippen LogP contribution in [0.15, 0.2) is 24.3 Å². The fourth-order valence-corrected chi connectivity index (χ4v) is 2.18. The van der Waals surface area contributed by atoms with Crippen LogP contribution in [0.1, 0.15) is 5.56 Å². The third-order valence-corrected chi connectivity index (χ3v) is 3.53. The molecule has 0 N–H and O–H groups in total. The minimum absolute atomic E-state index is 0. The van der Waals surface area contributed by atoms with Crippen LogP contribution in [0.3, 0.4) is 0 Å². The molecule has 0 aromatic heterocycles. The summed E-state index contributed by atoms with van der Waals surface area (Å²) in [6.07, 6.45) is 0. The summed E-state index contributed by atoms with van der Waals surface area (Å²) >= 11 is 0.424. The number of benzene rings is 1. The largest absolute Gasteiger partial charge is 1.00 e. The first-order chi connectivity index (χ1) is 5.34. The fourth-order valence-electron chi connectivity index (χ4n) is 0.767. The molecule has 0 aliphatic carbocycles. The minimum Gasteiger partial charge on any atom is 1.00 e. The normalized spacial score (nSPS) is 9.08. The molecule has 0 fully saturated rings. The van der Waals surface area contributed by atoms with Crippen LogP contribution in [0, 0.1) is 6.92 Å². The molecule has 0 amide bonds. The van der Waals surface area contributed by atoms with E-state index in [-0.39, 0.29) is 51.4 Å². The topological polar surface area (TPSA) is 9.23 Å². The molecule has 60 valence electrons. The summed E-state index contributed by atoms with van der Waals surface area (Å²) in [7, 11) is 1.73. The number of methoxy groups -OCH3 is 1. The maximum absolute atomic E-state index is 5.00. The van der Waals surface area contributed by atoms with Crippen molar-refractivity contribution in [3.05, 3.63) is 36.8 Å². The van der Waals surface area contributed by atoms with Crippen molar-refractivity contribution in [1.82, 2.24) is 0 Å². The van der Waals surface area contributed by atoms with E-state index in [1.165, 1.54) is 4.46 Å². The molecule has 1 rings (SSSR count). The van der Waals surface area contributed by atoms with Crippen molar-refractivity contribution in [1.29, 1.82) is 0 Å². The maximum atomic E-state index is 5.00. The number of hydrogen-bond donors (Lipinski definition) is 0. The van der Waals surface area contributed by atoms with Crippen molar-refractivity contribution in [3.63, 3.8) is 0 Å². The van der Waals surface area contributed by atoms with E-state index in [2.05, 4.69) is 13.0 Å². The smallest absolute Gasteiger partial charge is 1.00 e. The predicted molar refractivity (Wildman–Crippen MR) is 48.2 cm³/mol. The molecule has 0 radical (unpaired) electrons. The van der Waals surface area contributed by atoms with Gasteiger partial charge in [-0.15, -0.1) is 0 Å². The second-order valence-corrected chi connectivity index (χ2v) is 4.18. The molecule has 0 atom stereocenters. The molecule has 1 aromatic carbocycles. The van der Waals surface area contributed by atoms with Crippen molar-refractivity contribution < 1.29 is 56.1 Å². The molecular weight excluding hydrogens is 242 g/mol. The van der Waals surface area contributed by atoms with Crippen LogP contribution in [0.5, 0.6) is 0 Å². The van der Waals surface area contributed by atoms with E-state index in [0.29, 0.717) is 15.0 Å². The second-order valence-electron chi connectivity index (χ2n) is 2.16. The Bertz CT molecular complexity index is 228. The van der Waals surface area contributed by atoms with Crippen molar-refractivity contribution in [2.24, 2.45) is 0 Å². The Hall–Kier alpha value is 1.21. The molecule has 0 aliphatic heterocycles. The van der Waals surface area contributed by atoms with Gasteiger partial charge in [0.2, 0.25) is 0 Å². The van der Waals surface area contributed by atoms with Gasteiger partial charge in [0.05, 0.1) is 0 Å². The van der Waals surface area contributed by atoms with Crippen molar-refractivity contribution in [2.45, 2.75) is 0 Å². The van der Waals surface area contributed by atoms with E-state index in [1.54, 1.807) is 7.11 Å². The number of ether oxygens (including phenoxy) is 1. The average Bonchev–Trinajstić information content (AvgIpc) is 2.03. The molecule has 0 heterocycles. The van der Waals surface area contributed by atoms with Gasteiger partial charge in [0, 0.05) is 0 Å². The van der Waals surface area contributed by atoms with Gasteiger partial charge >= 0.3 is 125 Å². The van der Waals surface area contributed by atoms with E-state index in [4.69, 9.17) is 4.74 Å². The molecule has 0 aliphatic rings. The Morgan fingerprint density at radius 3 is 2.67 bits per heavy atom. The summed E-state index contributed by atoms with van der Waals surface area (Å²) < 4.78 is 6.34. The fraction of sp³-hybridized carbons (Fsp3) is 0.222. The predicted octanol–water partition coefficient (Wildman–Crippen LogP) is -2.19. The van der Waals surface area contributed by atoms with Crippen molar-refractivity contribution >= 4 is 19.4 Å². The van der Waals surface area contributed by atoms with Crippen LogP contribution < -0.4 is 55.8 Å². The van der Waals surface area contributed by atoms with Crippen LogP contribution in [-0.4, -0.2) is 27.6 Å². The molecule has 0 saturated heterocycles. The van der Waals surface area contributed by atoms with Gasteiger partial charge in [-0.05, 0) is 0 Å². The molecule has 0 saturated carbocycles. The van der Waals surface area contributed by atoms with E-state index in [9.17, 15) is 0 Å². The summed E-state index contributed by atoms with van der Waals surface area (Å²) in [6, 6.07) is 8.20. The quantitative estimate of drug-likeness (QED) is 0.439. The first kappa shape index (κ1) is 13.2. The molecular formula is C9H11KOSe. The van der Waals surface area contributed by atoms with Gasteiger partial charge < -0.3 is 0 Å². The minimum atomic E-state index is 0. The van der Waals surface area contributed by atoms with Crippen LogP contribution in [0.4, 0.5) is 0 Å². The zero-order valence-corrected chi connectivity index (χ0v) is 12.4. The van der Waals surface area contributed by atoms with Gasteiger partial charge in [-0.25, -0.2) is 0 Å². The monoisotopic (exact) mass is 254 g/mol. The molecule has 1 nitrogen and oxygen atoms in total. The van der Waals surface area contributed by atoms with Gasteiger partial charge in [-0.2, -0.15) is 0 Å². The Balaban J connectivity index is 0.00000121. The van der Waals surface area contributed by atoms with Gasteiger partial charge in [0.15, 0.2) is 0 Å². The zero-order valence-electron chi connectivity index (χ0n) is 7.54. The van der Waals surface area contributed by atoms with Gasteiger partial charge in [-0.3, -0.25) is 0 Å². The zero-order chi connectivity index (χ0) is 8.10. The van der Waals surface area contributed by atoms with Crippen LogP contribution in [0.25, 0.3) is 0 Å². The van der Waals surface area contributed by atoms with Gasteiger partial charge in [-0.1, -0.05) is 0 Å². The van der Waals surface area contributed by atoms with E-state index < -0.39 is 0 Å². The van der Waals surface area contributed by atoms with Crippen molar-refractivity contribution in [2.75, 3.05) is 12.6 Å². The molecule has 3 heteroatoms. The Kier molecular flexibility index (Phi) is 8.36. The molecule has 1 aromatic rings. The van der Waals surface area contributed by atoms with Crippen LogP contribution in [-0.2, 0) is 4.74 Å². The SMILES string of the molecule is [CH2-]c1ccccc1[Se]COC.[K+]. The van der Waals surface area contributed by atoms with Gasteiger partial charge in [0.25, 0.3) is 0 Å². The Morgan fingerprint density at radius 1 is 1.42 bits per heavy atom. The summed E-state index contributed by atoms with van der Waals surface area (Å²) in [4.78, 5) is 0. The summed E-state index contributed by atoms with van der Waals surface area (Å²) in [5, 5.41) is 0. The number of hydrogen-bond acceptors (Lipinski definition) is 1. The van der Waals surface area contributed by atoms with Crippen LogP contribution in [0.2, 0.25) is 0 Å². The van der Waals surface area contributed by atoms with Gasteiger partial charge in [0.1, 0.15) is 0 Å². The summed E-state index contributed by atoms with van der Waals surface area (Å²) in [5.41, 5.74) is 1.96. The third kappa shape index (κ3) is 4.44. The molecule has 12 heavy (non-hydrogen) atoms. The van der Waals surface area contributed by atoms with Crippen LogP contribution >= 0.6 is 0 Å². The molecule has 0 spiro atoms. The summed E-state index contributed by atoms with van der Waals surface area (Å²) in [5.74, 6) is 0. The Morgan fingerprint density at radius 2 is 2.08 bits per heavy atom. The van der Waals surface area contributed by atoms with Crippen molar-refractivity contribution in [3.8, 4) is 0 Å². The molecule has 0 bridgehead atoms. The van der Waals surface area contributed by atoms with E-state index in [0.717, 1.165) is 11.1 Å². The van der Waals surface area contributed by atoms with E-state index >= 15 is 0 Å². The first-order valence-electron chi connectivity index (χ1n) is 3.37. The maximum Gasteiger partial charge on any atom is 1.00 e. The first-order valence-corrected chi connectivity index (χ1v) is 5.44. The Labute approximate surface area is 123 Å². The summed E-state index contributed by atoms with van der Waals surface area (Å²) in [6.45, 7) is 3.93. The second kappa shape index (κ2) is 7.59. The van der Waals surface area contributed by atoms with E-state index in [1.807, 2.05) is 18.2 Å². The average molecular weight is 253 g/mol. The third-order valence-electron chi connectivity index (χ3n) is 1.30. The molecule has 0 unspecified atom stereocenters.